The van der Waals surface area contributed by atoms with E-state index in [0.29, 0.717) is 0 Å². The maximum absolute atomic E-state index is 11.9. The summed E-state index contributed by atoms with van der Waals surface area (Å²) in [5, 5.41) is 2.16. The standard InChI is InChI=1S/C12H12Cl3NO4/c1-2-19-11(18)16-10(12(13,14)15)20-9(17)8-6-4-3-5-7-8/h3-7,10H,2H2,1H3,(H,16,18)/t10-/m1/s1. The number of halogens is 3. The van der Waals surface area contributed by atoms with Crippen molar-refractivity contribution >= 4 is 46.9 Å². The van der Waals surface area contributed by atoms with Crippen LogP contribution in [0.15, 0.2) is 30.3 Å². The number of alkyl halides is 3. The maximum Gasteiger partial charge on any atom is 0.410 e. The molecule has 0 unspecified atom stereocenters. The first-order chi connectivity index (χ1) is 9.34. The minimum atomic E-state index is -2.03. The van der Waals surface area contributed by atoms with Crippen molar-refractivity contribution in [3.8, 4) is 0 Å². The lowest BCUT2D eigenvalue weighted by molar-refractivity contribution is 0.0219. The zero-order valence-electron chi connectivity index (χ0n) is 10.4. The molecular weight excluding hydrogens is 328 g/mol. The Morgan fingerprint density at radius 1 is 1.25 bits per heavy atom. The van der Waals surface area contributed by atoms with Crippen LogP contribution < -0.4 is 5.32 Å². The molecule has 20 heavy (non-hydrogen) atoms. The van der Waals surface area contributed by atoms with E-state index in [4.69, 9.17) is 39.5 Å². The van der Waals surface area contributed by atoms with Gasteiger partial charge in [-0.2, -0.15) is 0 Å². The number of benzene rings is 1. The smallest absolute Gasteiger partial charge is 0.410 e. The van der Waals surface area contributed by atoms with Gasteiger partial charge in [0.15, 0.2) is 0 Å². The molecule has 5 nitrogen and oxygen atoms in total. The molecule has 0 aliphatic heterocycles. The minimum absolute atomic E-state index is 0.130. The molecule has 1 amide bonds. The van der Waals surface area contributed by atoms with Gasteiger partial charge in [-0.15, -0.1) is 0 Å². The molecule has 0 fully saturated rings. The van der Waals surface area contributed by atoms with Crippen LogP contribution in [0.3, 0.4) is 0 Å². The zero-order valence-corrected chi connectivity index (χ0v) is 12.7. The van der Waals surface area contributed by atoms with Crippen LogP contribution in [0.25, 0.3) is 0 Å². The van der Waals surface area contributed by atoms with E-state index < -0.39 is 22.1 Å². The predicted molar refractivity (Wildman–Crippen MR) is 76.1 cm³/mol. The molecule has 0 radical (unpaired) electrons. The number of ether oxygens (including phenoxy) is 2. The summed E-state index contributed by atoms with van der Waals surface area (Å²) in [6.07, 6.45) is -2.33. The van der Waals surface area contributed by atoms with Crippen molar-refractivity contribution in [2.45, 2.75) is 16.9 Å². The van der Waals surface area contributed by atoms with Crippen molar-refractivity contribution in [3.05, 3.63) is 35.9 Å². The lowest BCUT2D eigenvalue weighted by Gasteiger charge is -2.24. The average molecular weight is 341 g/mol. The molecule has 0 aliphatic carbocycles. The average Bonchev–Trinajstić information content (AvgIpc) is 2.38. The number of hydrogen-bond donors (Lipinski definition) is 1. The highest BCUT2D eigenvalue weighted by atomic mass is 35.6. The van der Waals surface area contributed by atoms with Gasteiger partial charge >= 0.3 is 12.1 Å². The predicted octanol–water partition coefficient (Wildman–Crippen LogP) is 3.29. The van der Waals surface area contributed by atoms with Crippen molar-refractivity contribution in [2.24, 2.45) is 0 Å². The van der Waals surface area contributed by atoms with Gasteiger partial charge in [0.25, 0.3) is 0 Å². The number of carbonyl (C=O) groups is 2. The van der Waals surface area contributed by atoms with Crippen molar-refractivity contribution in [3.63, 3.8) is 0 Å². The number of amides is 1. The van der Waals surface area contributed by atoms with Gasteiger partial charge in [0.1, 0.15) is 0 Å². The maximum atomic E-state index is 11.9. The Bertz CT molecular complexity index is 462. The van der Waals surface area contributed by atoms with E-state index in [9.17, 15) is 9.59 Å². The van der Waals surface area contributed by atoms with Gasteiger partial charge in [0.2, 0.25) is 10.0 Å². The van der Waals surface area contributed by atoms with Gasteiger partial charge in [-0.1, -0.05) is 53.0 Å². The van der Waals surface area contributed by atoms with Crippen LogP contribution >= 0.6 is 34.8 Å². The second kappa shape index (κ2) is 7.57. The fraction of sp³-hybridized carbons (Fsp3) is 0.333. The zero-order chi connectivity index (χ0) is 15.2. The number of carbonyl (C=O) groups excluding carboxylic acids is 2. The second-order valence-corrected chi connectivity index (χ2v) is 5.93. The number of alkyl carbamates (subject to hydrolysis) is 1. The minimum Gasteiger partial charge on any atom is -0.450 e. The van der Waals surface area contributed by atoms with Gasteiger partial charge in [0.05, 0.1) is 12.2 Å². The van der Waals surface area contributed by atoms with Crippen molar-refractivity contribution in [2.75, 3.05) is 6.61 Å². The molecule has 0 aromatic heterocycles. The topological polar surface area (TPSA) is 64.6 Å². The molecule has 0 heterocycles. The Morgan fingerprint density at radius 3 is 2.35 bits per heavy atom. The highest BCUT2D eigenvalue weighted by Crippen LogP contribution is 2.31. The summed E-state index contributed by atoms with van der Waals surface area (Å²) in [5.74, 6) is -0.737. The first-order valence-corrected chi connectivity index (χ1v) is 6.74. The van der Waals surface area contributed by atoms with Gasteiger partial charge in [-0.05, 0) is 19.1 Å². The van der Waals surface area contributed by atoms with Crippen LogP contribution in [0, 0.1) is 0 Å². The normalized spacial score (nSPS) is 12.4. The number of rotatable bonds is 4. The van der Waals surface area contributed by atoms with Gasteiger partial charge in [-0.3, -0.25) is 5.32 Å². The van der Waals surface area contributed by atoms with Crippen LogP contribution in [0.4, 0.5) is 4.79 Å². The third kappa shape index (κ3) is 5.45. The number of esters is 1. The van der Waals surface area contributed by atoms with E-state index in [2.05, 4.69) is 10.1 Å². The SMILES string of the molecule is CCOC(=O)N[C@H](OC(=O)c1ccccc1)C(Cl)(Cl)Cl. The van der Waals surface area contributed by atoms with Crippen LogP contribution in [-0.4, -0.2) is 28.7 Å². The van der Waals surface area contributed by atoms with E-state index in [1.54, 1.807) is 25.1 Å². The Morgan fingerprint density at radius 2 is 1.85 bits per heavy atom. The molecule has 1 aromatic rings. The summed E-state index contributed by atoms with van der Waals surface area (Å²) in [6, 6.07) is 8.10. The van der Waals surface area contributed by atoms with Crippen LogP contribution in [0.1, 0.15) is 17.3 Å². The summed E-state index contributed by atoms with van der Waals surface area (Å²) in [6.45, 7) is 1.74. The highest BCUT2D eigenvalue weighted by Gasteiger charge is 2.38. The molecule has 0 aliphatic rings. The van der Waals surface area contributed by atoms with Gasteiger partial charge < -0.3 is 9.47 Å². The molecule has 0 bridgehead atoms. The highest BCUT2D eigenvalue weighted by molar-refractivity contribution is 6.68. The number of hydrogen-bond acceptors (Lipinski definition) is 4. The summed E-state index contributed by atoms with van der Waals surface area (Å²) < 4.78 is 7.58. The van der Waals surface area contributed by atoms with Gasteiger partial charge in [0, 0.05) is 0 Å². The Labute approximate surface area is 131 Å². The fourth-order valence-corrected chi connectivity index (χ4v) is 1.50. The Hall–Kier alpha value is -1.17. The fourth-order valence-electron chi connectivity index (χ4n) is 1.21. The molecule has 0 saturated carbocycles. The molecule has 0 saturated heterocycles. The number of nitrogens with one attached hydrogen (secondary N) is 1. The summed E-state index contributed by atoms with van der Waals surface area (Å²) >= 11 is 17.0. The molecule has 8 heteroatoms. The van der Waals surface area contributed by atoms with Gasteiger partial charge in [-0.25, -0.2) is 9.59 Å². The molecule has 0 spiro atoms. The van der Waals surface area contributed by atoms with E-state index in [1.165, 1.54) is 12.1 Å². The largest absolute Gasteiger partial charge is 0.450 e. The lowest BCUT2D eigenvalue weighted by atomic mass is 10.2. The van der Waals surface area contributed by atoms with E-state index in [0.717, 1.165) is 0 Å². The quantitative estimate of drug-likeness (QED) is 0.519. The second-order valence-electron chi connectivity index (χ2n) is 3.56. The molecule has 1 atom stereocenters. The van der Waals surface area contributed by atoms with Crippen LogP contribution in [0.2, 0.25) is 0 Å². The van der Waals surface area contributed by atoms with E-state index in [-0.39, 0.29) is 12.2 Å². The van der Waals surface area contributed by atoms with Crippen molar-refractivity contribution < 1.29 is 19.1 Å². The van der Waals surface area contributed by atoms with Crippen LogP contribution in [0.5, 0.6) is 0 Å². The van der Waals surface area contributed by atoms with E-state index in [1.807, 2.05) is 0 Å². The third-order valence-corrected chi connectivity index (χ3v) is 2.65. The Balaban J connectivity index is 2.75. The summed E-state index contributed by atoms with van der Waals surface area (Å²) in [4.78, 5) is 23.2. The summed E-state index contributed by atoms with van der Waals surface area (Å²) in [7, 11) is 0. The van der Waals surface area contributed by atoms with Crippen molar-refractivity contribution in [1.29, 1.82) is 0 Å². The molecule has 1 N–H and O–H groups in total. The monoisotopic (exact) mass is 339 g/mol. The molecule has 110 valence electrons. The molecule has 1 rings (SSSR count). The lowest BCUT2D eigenvalue weighted by Crippen LogP contribution is -2.47. The first-order valence-electron chi connectivity index (χ1n) is 5.60. The summed E-state index contributed by atoms with van der Waals surface area (Å²) in [5.41, 5.74) is 0.261. The first kappa shape index (κ1) is 16.9. The van der Waals surface area contributed by atoms with Crippen LogP contribution in [-0.2, 0) is 9.47 Å². The Kier molecular flexibility index (Phi) is 6.39. The molecule has 1 aromatic carbocycles. The third-order valence-electron chi connectivity index (χ3n) is 2.06. The van der Waals surface area contributed by atoms with E-state index >= 15 is 0 Å². The van der Waals surface area contributed by atoms with Crippen molar-refractivity contribution in [1.82, 2.24) is 5.32 Å². The molecular formula is C12H12Cl3NO4.